The fourth-order valence-corrected chi connectivity index (χ4v) is 3.02. The average molecular weight is 252 g/mol. The minimum Gasteiger partial charge on any atom is -0.357 e. The molecule has 0 aliphatic heterocycles. The van der Waals surface area contributed by atoms with Crippen molar-refractivity contribution < 1.29 is 4.79 Å². The molecule has 0 aliphatic rings. The summed E-state index contributed by atoms with van der Waals surface area (Å²) in [5, 5.41) is 2.00. The van der Waals surface area contributed by atoms with Crippen molar-refractivity contribution in [3.8, 4) is 0 Å². The number of Topliss-reactive ketones (excluding diaryl/α,β-unsaturated/α-hetero) is 1. The quantitative estimate of drug-likeness (QED) is 0.620. The molecular formula is C11H12N2OS2. The van der Waals surface area contributed by atoms with Crippen molar-refractivity contribution in [3.05, 3.63) is 35.1 Å². The lowest BCUT2D eigenvalue weighted by molar-refractivity contribution is 0.102. The van der Waals surface area contributed by atoms with Crippen molar-refractivity contribution in [2.45, 2.75) is 11.3 Å². The van der Waals surface area contributed by atoms with E-state index in [1.165, 1.54) is 11.8 Å². The van der Waals surface area contributed by atoms with Crippen molar-refractivity contribution in [2.75, 3.05) is 5.75 Å². The topological polar surface area (TPSA) is 34.9 Å². The summed E-state index contributed by atoms with van der Waals surface area (Å²) in [6.07, 6.45) is 3.72. The van der Waals surface area contributed by atoms with E-state index in [2.05, 4.69) is 4.98 Å². The smallest absolute Gasteiger partial charge is 0.174 e. The maximum absolute atomic E-state index is 11.8. The first-order valence-corrected chi connectivity index (χ1v) is 6.72. The Morgan fingerprint density at radius 1 is 1.62 bits per heavy atom. The Bertz CT molecular complexity index is 502. The predicted octanol–water partition coefficient (Wildman–Crippen LogP) is 2.77. The molecule has 0 saturated heterocycles. The molecule has 5 heteroatoms. The highest BCUT2D eigenvalue weighted by molar-refractivity contribution is 8.01. The number of hydrogen-bond donors (Lipinski definition) is 0. The zero-order valence-electron chi connectivity index (χ0n) is 9.14. The third-order valence-corrected chi connectivity index (χ3v) is 4.22. The predicted molar refractivity (Wildman–Crippen MR) is 67.3 cm³/mol. The average Bonchev–Trinajstić information content (AvgIpc) is 2.84. The second kappa shape index (κ2) is 4.84. The van der Waals surface area contributed by atoms with Gasteiger partial charge in [-0.2, -0.15) is 0 Å². The van der Waals surface area contributed by atoms with Gasteiger partial charge in [0, 0.05) is 36.1 Å². The van der Waals surface area contributed by atoms with Crippen LogP contribution in [0.1, 0.15) is 16.1 Å². The molecule has 0 aromatic carbocycles. The lowest BCUT2D eigenvalue weighted by atomic mass is 10.2. The molecule has 0 N–H and O–H groups in total. The van der Waals surface area contributed by atoms with Crippen molar-refractivity contribution in [2.24, 2.45) is 7.05 Å². The van der Waals surface area contributed by atoms with Gasteiger partial charge in [-0.15, -0.1) is 11.3 Å². The molecule has 84 valence electrons. The van der Waals surface area contributed by atoms with Crippen molar-refractivity contribution in [1.82, 2.24) is 9.55 Å². The Morgan fingerprint density at radius 2 is 2.44 bits per heavy atom. The number of carbonyl (C=O) groups excluding carboxylic acids is 1. The van der Waals surface area contributed by atoms with E-state index >= 15 is 0 Å². The maximum Gasteiger partial charge on any atom is 0.174 e. The molecular weight excluding hydrogens is 240 g/mol. The molecule has 0 saturated carbocycles. The Hall–Kier alpha value is -1.07. The molecule has 0 unspecified atom stereocenters. The van der Waals surface area contributed by atoms with E-state index in [0.29, 0.717) is 5.75 Å². The molecule has 2 heterocycles. The Morgan fingerprint density at radius 3 is 3.00 bits per heavy atom. The molecule has 2 rings (SSSR count). The molecule has 0 atom stereocenters. The Balaban J connectivity index is 1.93. The maximum atomic E-state index is 11.8. The summed E-state index contributed by atoms with van der Waals surface area (Å²) in [6.45, 7) is 1.96. The summed E-state index contributed by atoms with van der Waals surface area (Å²) < 4.78 is 2.84. The standard InChI is InChI=1S/C11H12N2OS2/c1-8-6-15-11(12-8)16-7-10(14)9-3-4-13(2)5-9/h3-6H,7H2,1-2H3. The Labute approximate surface area is 103 Å². The number of thioether (sulfide) groups is 1. The number of hydrogen-bond acceptors (Lipinski definition) is 4. The fraction of sp³-hybridized carbons (Fsp3) is 0.273. The number of carbonyl (C=O) groups is 1. The van der Waals surface area contributed by atoms with Crippen molar-refractivity contribution in [3.63, 3.8) is 0 Å². The van der Waals surface area contributed by atoms with Crippen LogP contribution in [-0.2, 0) is 7.05 Å². The van der Waals surface area contributed by atoms with Crippen LogP contribution < -0.4 is 0 Å². The van der Waals surface area contributed by atoms with E-state index in [0.717, 1.165) is 15.6 Å². The normalized spacial score (nSPS) is 10.6. The highest BCUT2D eigenvalue weighted by Crippen LogP contribution is 2.23. The highest BCUT2D eigenvalue weighted by Gasteiger charge is 2.09. The van der Waals surface area contributed by atoms with Gasteiger partial charge in [-0.3, -0.25) is 4.79 Å². The first kappa shape index (κ1) is 11.4. The van der Waals surface area contributed by atoms with Gasteiger partial charge in [0.25, 0.3) is 0 Å². The van der Waals surface area contributed by atoms with Gasteiger partial charge in [0.2, 0.25) is 0 Å². The van der Waals surface area contributed by atoms with Crippen LogP contribution in [0.15, 0.2) is 28.2 Å². The minimum atomic E-state index is 0.151. The number of rotatable bonds is 4. The third kappa shape index (κ3) is 2.74. The largest absolute Gasteiger partial charge is 0.357 e. The first-order chi connectivity index (χ1) is 7.65. The first-order valence-electron chi connectivity index (χ1n) is 4.85. The molecule has 16 heavy (non-hydrogen) atoms. The van der Waals surface area contributed by atoms with E-state index in [1.807, 2.05) is 42.4 Å². The molecule has 0 aliphatic carbocycles. The summed E-state index contributed by atoms with van der Waals surface area (Å²) in [5.41, 5.74) is 1.78. The van der Waals surface area contributed by atoms with Crippen molar-refractivity contribution in [1.29, 1.82) is 0 Å². The Kier molecular flexibility index (Phi) is 3.46. The lowest BCUT2D eigenvalue weighted by Crippen LogP contribution is -2.00. The van der Waals surface area contributed by atoms with Gasteiger partial charge in [0.05, 0.1) is 5.75 Å². The number of aromatic nitrogens is 2. The van der Waals surface area contributed by atoms with Gasteiger partial charge in [0.15, 0.2) is 10.1 Å². The van der Waals surface area contributed by atoms with Gasteiger partial charge in [-0.05, 0) is 13.0 Å². The van der Waals surface area contributed by atoms with E-state index in [4.69, 9.17) is 0 Å². The zero-order chi connectivity index (χ0) is 11.5. The second-order valence-electron chi connectivity index (χ2n) is 3.53. The molecule has 3 nitrogen and oxygen atoms in total. The fourth-order valence-electron chi connectivity index (χ4n) is 1.28. The monoisotopic (exact) mass is 252 g/mol. The number of thiazole rings is 1. The summed E-state index contributed by atoms with van der Waals surface area (Å²) in [6, 6.07) is 1.84. The molecule has 2 aromatic rings. The number of ketones is 1. The summed E-state index contributed by atoms with van der Waals surface area (Å²) >= 11 is 3.09. The van der Waals surface area contributed by atoms with E-state index in [-0.39, 0.29) is 5.78 Å². The molecule has 0 fully saturated rings. The summed E-state index contributed by atoms with van der Waals surface area (Å²) in [7, 11) is 1.91. The van der Waals surface area contributed by atoms with Crippen LogP contribution in [0.3, 0.4) is 0 Å². The van der Waals surface area contributed by atoms with Gasteiger partial charge in [-0.1, -0.05) is 11.8 Å². The lowest BCUT2D eigenvalue weighted by Gasteiger charge is -1.95. The number of aryl methyl sites for hydroxylation is 2. The molecule has 0 spiro atoms. The van der Waals surface area contributed by atoms with Crippen LogP contribution in [-0.4, -0.2) is 21.1 Å². The van der Waals surface area contributed by atoms with Crippen molar-refractivity contribution >= 4 is 28.9 Å². The highest BCUT2D eigenvalue weighted by atomic mass is 32.2. The van der Waals surface area contributed by atoms with Crippen LogP contribution in [0, 0.1) is 6.92 Å². The molecule has 0 amide bonds. The molecule has 2 aromatic heterocycles. The van der Waals surface area contributed by atoms with Gasteiger partial charge in [0.1, 0.15) is 0 Å². The van der Waals surface area contributed by atoms with Crippen LogP contribution >= 0.6 is 23.1 Å². The zero-order valence-corrected chi connectivity index (χ0v) is 10.8. The minimum absolute atomic E-state index is 0.151. The van der Waals surface area contributed by atoms with Crippen LogP contribution in [0.25, 0.3) is 0 Å². The van der Waals surface area contributed by atoms with E-state index in [1.54, 1.807) is 11.3 Å². The van der Waals surface area contributed by atoms with Crippen LogP contribution in [0.5, 0.6) is 0 Å². The molecule has 0 radical (unpaired) electrons. The summed E-state index contributed by atoms with van der Waals surface area (Å²) in [4.78, 5) is 16.1. The summed E-state index contributed by atoms with van der Waals surface area (Å²) in [5.74, 6) is 0.607. The second-order valence-corrected chi connectivity index (χ2v) is 5.61. The van der Waals surface area contributed by atoms with Gasteiger partial charge in [-0.25, -0.2) is 4.98 Å². The number of nitrogens with zero attached hydrogens (tertiary/aromatic N) is 2. The van der Waals surface area contributed by atoms with Crippen LogP contribution in [0.2, 0.25) is 0 Å². The third-order valence-electron chi connectivity index (χ3n) is 2.08. The molecule has 0 bridgehead atoms. The van der Waals surface area contributed by atoms with Gasteiger partial charge >= 0.3 is 0 Å². The van der Waals surface area contributed by atoms with E-state index < -0.39 is 0 Å². The van der Waals surface area contributed by atoms with E-state index in [9.17, 15) is 4.79 Å². The van der Waals surface area contributed by atoms with Gasteiger partial charge < -0.3 is 4.57 Å². The van der Waals surface area contributed by atoms with Crippen LogP contribution in [0.4, 0.5) is 0 Å². The SMILES string of the molecule is Cc1csc(SCC(=O)c2ccn(C)c2)n1.